The summed E-state index contributed by atoms with van der Waals surface area (Å²) in [7, 11) is 0. The molecule has 2 heterocycles. The second-order valence-electron chi connectivity index (χ2n) is 5.07. The molecule has 5 nitrogen and oxygen atoms in total. The summed E-state index contributed by atoms with van der Waals surface area (Å²) in [5.74, 6) is -0.176. The van der Waals surface area contributed by atoms with Crippen LogP contribution in [0.5, 0.6) is 0 Å². The third-order valence-electron chi connectivity index (χ3n) is 3.35. The molecular weight excluding hydrogens is 232 g/mol. The van der Waals surface area contributed by atoms with Crippen LogP contribution in [0.2, 0.25) is 0 Å². The van der Waals surface area contributed by atoms with E-state index in [2.05, 4.69) is 4.98 Å². The summed E-state index contributed by atoms with van der Waals surface area (Å²) in [5, 5.41) is 9.97. The molecule has 0 aliphatic carbocycles. The average Bonchev–Trinajstić information content (AvgIpc) is 2.49. The van der Waals surface area contributed by atoms with E-state index < -0.39 is 5.60 Å². The number of rotatable bonds is 1. The van der Waals surface area contributed by atoms with Crippen LogP contribution in [0, 0.1) is 0 Å². The third-order valence-corrected chi connectivity index (χ3v) is 3.35. The fourth-order valence-corrected chi connectivity index (χ4v) is 2.21. The minimum absolute atomic E-state index is 0.176. The zero-order valence-corrected chi connectivity index (χ0v) is 10.5. The van der Waals surface area contributed by atoms with E-state index in [-0.39, 0.29) is 11.5 Å². The number of nitrogens with zero attached hydrogens (tertiary/aromatic N) is 1. The first-order valence-electron chi connectivity index (χ1n) is 6.19. The summed E-state index contributed by atoms with van der Waals surface area (Å²) in [5.41, 5.74) is -0.661. The van der Waals surface area contributed by atoms with Crippen molar-refractivity contribution < 1.29 is 9.90 Å². The lowest BCUT2D eigenvalue weighted by atomic mass is 9.98. The molecule has 1 aliphatic heterocycles. The molecule has 18 heavy (non-hydrogen) atoms. The van der Waals surface area contributed by atoms with Crippen LogP contribution in [0.3, 0.4) is 0 Å². The lowest BCUT2D eigenvalue weighted by Crippen LogP contribution is -2.34. The van der Waals surface area contributed by atoms with Gasteiger partial charge in [-0.25, -0.2) is 0 Å². The molecule has 1 atom stereocenters. The number of aliphatic hydroxyl groups is 1. The summed E-state index contributed by atoms with van der Waals surface area (Å²) < 4.78 is 0. The van der Waals surface area contributed by atoms with Crippen molar-refractivity contribution >= 4 is 5.91 Å². The van der Waals surface area contributed by atoms with Gasteiger partial charge in [-0.05, 0) is 32.3 Å². The number of carbonyl (C=O) groups is 1. The first-order chi connectivity index (χ1) is 8.48. The minimum Gasteiger partial charge on any atom is -0.390 e. The Labute approximate surface area is 105 Å². The Balaban J connectivity index is 2.12. The van der Waals surface area contributed by atoms with Crippen LogP contribution >= 0.6 is 0 Å². The van der Waals surface area contributed by atoms with Gasteiger partial charge < -0.3 is 15.0 Å². The lowest BCUT2D eigenvalue weighted by molar-refractivity contribution is 0.0437. The maximum absolute atomic E-state index is 12.2. The Kier molecular flexibility index (Phi) is 3.52. The van der Waals surface area contributed by atoms with E-state index >= 15 is 0 Å². The van der Waals surface area contributed by atoms with Gasteiger partial charge in [0.1, 0.15) is 5.69 Å². The van der Waals surface area contributed by atoms with E-state index in [0.29, 0.717) is 31.6 Å². The number of hydrogen-bond donors (Lipinski definition) is 2. The molecule has 1 aromatic heterocycles. The quantitative estimate of drug-likeness (QED) is 0.772. The normalized spacial score (nSPS) is 24.7. The number of likely N-dealkylation sites (tertiary alicyclic amines) is 1. The van der Waals surface area contributed by atoms with Crippen molar-refractivity contribution in [3.8, 4) is 0 Å². The molecule has 5 heteroatoms. The van der Waals surface area contributed by atoms with Crippen molar-refractivity contribution in [2.45, 2.75) is 31.8 Å². The Bertz CT molecular complexity index is 493. The molecule has 0 aromatic carbocycles. The maximum atomic E-state index is 12.2. The summed E-state index contributed by atoms with van der Waals surface area (Å²) in [6.07, 6.45) is 2.04. The topological polar surface area (TPSA) is 73.4 Å². The minimum atomic E-state index is -0.695. The van der Waals surface area contributed by atoms with Gasteiger partial charge in [0.05, 0.1) is 5.60 Å². The highest BCUT2D eigenvalue weighted by Gasteiger charge is 2.27. The Hall–Kier alpha value is -1.62. The van der Waals surface area contributed by atoms with E-state index in [1.165, 1.54) is 6.07 Å². The van der Waals surface area contributed by atoms with Crippen LogP contribution in [0.15, 0.2) is 23.0 Å². The molecule has 0 radical (unpaired) electrons. The second-order valence-corrected chi connectivity index (χ2v) is 5.07. The Morgan fingerprint density at radius 3 is 2.89 bits per heavy atom. The van der Waals surface area contributed by atoms with E-state index in [1.807, 2.05) is 0 Å². The van der Waals surface area contributed by atoms with Crippen molar-refractivity contribution in [2.75, 3.05) is 13.1 Å². The number of hydrogen-bond acceptors (Lipinski definition) is 3. The Morgan fingerprint density at radius 1 is 1.39 bits per heavy atom. The van der Waals surface area contributed by atoms with E-state index in [4.69, 9.17) is 0 Å². The largest absolute Gasteiger partial charge is 0.390 e. The van der Waals surface area contributed by atoms with Crippen molar-refractivity contribution in [2.24, 2.45) is 0 Å². The fraction of sp³-hybridized carbons (Fsp3) is 0.538. The number of nitrogens with one attached hydrogen (secondary N) is 1. The van der Waals surface area contributed by atoms with Gasteiger partial charge in [0.25, 0.3) is 5.91 Å². The molecule has 0 saturated carbocycles. The van der Waals surface area contributed by atoms with Gasteiger partial charge in [-0.2, -0.15) is 0 Å². The van der Waals surface area contributed by atoms with Crippen molar-refractivity contribution in [3.63, 3.8) is 0 Å². The second kappa shape index (κ2) is 4.94. The number of carbonyl (C=O) groups excluding carboxylic acids is 1. The highest BCUT2D eigenvalue weighted by atomic mass is 16.3. The monoisotopic (exact) mass is 250 g/mol. The predicted molar refractivity (Wildman–Crippen MR) is 67.4 cm³/mol. The third kappa shape index (κ3) is 2.98. The predicted octanol–water partition coefficient (Wildman–Crippen LogP) is 0.752. The molecule has 98 valence electrons. The molecule has 1 unspecified atom stereocenters. The number of aromatic amines is 1. The van der Waals surface area contributed by atoms with E-state index in [1.54, 1.807) is 24.0 Å². The van der Waals surface area contributed by atoms with Crippen molar-refractivity contribution in [1.29, 1.82) is 0 Å². The number of pyridine rings is 1. The van der Waals surface area contributed by atoms with Crippen LogP contribution in [0.4, 0.5) is 0 Å². The molecule has 2 N–H and O–H groups in total. The molecule has 2 rings (SSSR count). The first kappa shape index (κ1) is 12.8. The molecule has 1 saturated heterocycles. The zero-order chi connectivity index (χ0) is 13.2. The zero-order valence-electron chi connectivity index (χ0n) is 10.5. The van der Waals surface area contributed by atoms with Crippen LogP contribution in [-0.4, -0.2) is 39.6 Å². The summed E-state index contributed by atoms with van der Waals surface area (Å²) in [4.78, 5) is 27.6. The van der Waals surface area contributed by atoms with Gasteiger partial charge in [0.15, 0.2) is 0 Å². The molecule has 1 amide bonds. The average molecular weight is 250 g/mol. The lowest BCUT2D eigenvalue weighted by Gasteiger charge is -2.22. The van der Waals surface area contributed by atoms with Gasteiger partial charge in [-0.3, -0.25) is 9.59 Å². The molecular formula is C13H18N2O3. The smallest absolute Gasteiger partial charge is 0.270 e. The molecule has 1 aliphatic rings. The van der Waals surface area contributed by atoms with Crippen LogP contribution in [0.25, 0.3) is 0 Å². The number of amides is 1. The van der Waals surface area contributed by atoms with Gasteiger partial charge in [-0.1, -0.05) is 6.07 Å². The van der Waals surface area contributed by atoms with Gasteiger partial charge in [-0.15, -0.1) is 0 Å². The maximum Gasteiger partial charge on any atom is 0.270 e. The first-order valence-corrected chi connectivity index (χ1v) is 6.19. The van der Waals surface area contributed by atoms with E-state index in [0.717, 1.165) is 6.42 Å². The Morgan fingerprint density at radius 2 is 2.17 bits per heavy atom. The SMILES string of the molecule is CC1(O)CCCN(C(=O)c2cccc(=O)[nH]2)CC1. The molecule has 0 spiro atoms. The highest BCUT2D eigenvalue weighted by Crippen LogP contribution is 2.21. The number of aromatic nitrogens is 1. The number of H-pyrrole nitrogens is 1. The molecule has 1 fully saturated rings. The van der Waals surface area contributed by atoms with Crippen LogP contribution in [0.1, 0.15) is 36.7 Å². The van der Waals surface area contributed by atoms with Crippen LogP contribution in [-0.2, 0) is 0 Å². The van der Waals surface area contributed by atoms with Crippen molar-refractivity contribution in [3.05, 3.63) is 34.2 Å². The van der Waals surface area contributed by atoms with Gasteiger partial charge in [0.2, 0.25) is 5.56 Å². The van der Waals surface area contributed by atoms with Crippen LogP contribution < -0.4 is 5.56 Å². The highest BCUT2D eigenvalue weighted by molar-refractivity contribution is 5.92. The standard InChI is InChI=1S/C13H18N2O3/c1-13(18)6-3-8-15(9-7-13)12(17)10-4-2-5-11(16)14-10/h2,4-5,18H,3,6-9H2,1H3,(H,14,16). The van der Waals surface area contributed by atoms with E-state index in [9.17, 15) is 14.7 Å². The summed E-state index contributed by atoms with van der Waals surface area (Å²) in [6.45, 7) is 2.93. The molecule has 1 aromatic rings. The summed E-state index contributed by atoms with van der Waals surface area (Å²) in [6, 6.07) is 4.55. The van der Waals surface area contributed by atoms with Crippen molar-refractivity contribution in [1.82, 2.24) is 9.88 Å². The van der Waals surface area contributed by atoms with Gasteiger partial charge in [0, 0.05) is 19.2 Å². The fourth-order valence-electron chi connectivity index (χ4n) is 2.21. The summed E-state index contributed by atoms with van der Waals surface area (Å²) >= 11 is 0. The van der Waals surface area contributed by atoms with Gasteiger partial charge >= 0.3 is 0 Å². The molecule has 0 bridgehead atoms.